The van der Waals surface area contributed by atoms with Gasteiger partial charge in [0.25, 0.3) is 0 Å². The first-order valence-corrected chi connectivity index (χ1v) is 5.33. The Morgan fingerprint density at radius 1 is 1.06 bits per heavy atom. The molecule has 1 N–H and O–H groups in total. The summed E-state index contributed by atoms with van der Waals surface area (Å²) in [5.74, 6) is -1.24. The third kappa shape index (κ3) is 3.70. The van der Waals surface area contributed by atoms with Crippen molar-refractivity contribution < 1.29 is 33.7 Å². The van der Waals surface area contributed by atoms with Crippen molar-refractivity contribution in [2.45, 2.75) is 4.90 Å². The summed E-state index contributed by atoms with van der Waals surface area (Å²) in [6.07, 6.45) is 0. The van der Waals surface area contributed by atoms with Gasteiger partial charge in [-0.2, -0.15) is 0 Å². The van der Waals surface area contributed by atoms with Gasteiger partial charge in [-0.3, -0.25) is 0 Å². The van der Waals surface area contributed by atoms with Crippen LogP contribution in [0.3, 0.4) is 0 Å². The maximum atomic E-state index is 11.4. The molecule has 0 heterocycles. The summed E-state index contributed by atoms with van der Waals surface area (Å²) in [7, 11) is 2.43. The molecular weight excluding hydrogens is 264 g/mol. The molecule has 0 aromatic heterocycles. The van der Waals surface area contributed by atoms with Gasteiger partial charge in [0.1, 0.15) is 0 Å². The van der Waals surface area contributed by atoms with Crippen molar-refractivity contribution >= 4 is 24.0 Å². The fraction of sp³-hybridized carbons (Fsp3) is 0.200. The van der Waals surface area contributed by atoms with Crippen LogP contribution in [0.5, 0.6) is 0 Å². The molecule has 7 nitrogen and oxygen atoms in total. The quantitative estimate of drug-likeness (QED) is 0.375. The molecule has 0 aliphatic heterocycles. The molecule has 8 heteroatoms. The normalized spacial score (nSPS) is 9.94. The van der Waals surface area contributed by atoms with Crippen LogP contribution in [0.25, 0.3) is 0 Å². The van der Waals surface area contributed by atoms with E-state index < -0.39 is 11.9 Å². The van der Waals surface area contributed by atoms with Crippen LogP contribution in [0, 0.1) is 0 Å². The van der Waals surface area contributed by atoms with Gasteiger partial charge >= 0.3 is 11.9 Å². The van der Waals surface area contributed by atoms with E-state index in [0.29, 0.717) is 16.9 Å². The Labute approximate surface area is 107 Å². The van der Waals surface area contributed by atoms with Gasteiger partial charge in [-0.1, -0.05) is 5.04 Å². The molecule has 1 aromatic carbocycles. The van der Waals surface area contributed by atoms with Crippen LogP contribution >= 0.6 is 12.0 Å². The predicted octanol–water partition coefficient (Wildman–Crippen LogP) is 1.69. The highest BCUT2D eigenvalue weighted by molar-refractivity contribution is 7.94. The Bertz CT molecular complexity index is 412. The van der Waals surface area contributed by atoms with Gasteiger partial charge in [0.05, 0.1) is 37.4 Å². The topological polar surface area (TPSA) is 91.3 Å². The molecule has 0 spiro atoms. The number of benzene rings is 1. The Morgan fingerprint density at radius 2 is 1.56 bits per heavy atom. The molecule has 0 saturated heterocycles. The standard InChI is InChI=1S/C10H10O7S/c1-14-9(11)6-3-7(10(12)15-2)5-8(4-6)18-17-16-13/h3-5,13H,1-2H3. The molecule has 1 rings (SSSR count). The molecule has 1 aromatic rings. The molecule has 0 aliphatic rings. The second-order valence-corrected chi connectivity index (χ2v) is 3.73. The van der Waals surface area contributed by atoms with Gasteiger partial charge < -0.3 is 9.47 Å². The second-order valence-electron chi connectivity index (χ2n) is 2.96. The molecular formula is C10H10O7S. The highest BCUT2D eigenvalue weighted by atomic mass is 32.2. The van der Waals surface area contributed by atoms with Crippen LogP contribution in [0.1, 0.15) is 20.7 Å². The number of hydrogen-bond acceptors (Lipinski definition) is 8. The van der Waals surface area contributed by atoms with Crippen molar-refractivity contribution in [2.24, 2.45) is 0 Å². The van der Waals surface area contributed by atoms with Crippen LogP contribution in [0.4, 0.5) is 0 Å². The first kappa shape index (κ1) is 14.5. The zero-order valence-corrected chi connectivity index (χ0v) is 10.4. The minimum atomic E-state index is -0.618. The molecule has 0 saturated carbocycles. The lowest BCUT2D eigenvalue weighted by molar-refractivity contribution is -0.432. The van der Waals surface area contributed by atoms with E-state index >= 15 is 0 Å². The van der Waals surface area contributed by atoms with Crippen LogP contribution < -0.4 is 0 Å². The van der Waals surface area contributed by atoms with Crippen molar-refractivity contribution in [2.75, 3.05) is 14.2 Å². The number of esters is 2. The average molecular weight is 274 g/mol. The summed E-state index contributed by atoms with van der Waals surface area (Å²) in [5, 5.41) is 11.5. The lowest BCUT2D eigenvalue weighted by atomic mass is 10.1. The fourth-order valence-corrected chi connectivity index (χ4v) is 1.63. The number of carbonyl (C=O) groups is 2. The molecule has 0 aliphatic carbocycles. The van der Waals surface area contributed by atoms with Crippen molar-refractivity contribution in [3.63, 3.8) is 0 Å². The maximum absolute atomic E-state index is 11.4. The molecule has 0 amide bonds. The number of methoxy groups -OCH3 is 2. The SMILES string of the molecule is COC(=O)c1cc(SOOO)cc(C(=O)OC)c1. The lowest BCUT2D eigenvalue weighted by Crippen LogP contribution is -2.06. The van der Waals surface area contributed by atoms with Crippen molar-refractivity contribution in [1.29, 1.82) is 0 Å². The molecule has 0 unspecified atom stereocenters. The smallest absolute Gasteiger partial charge is 0.337 e. The van der Waals surface area contributed by atoms with Gasteiger partial charge in [0.15, 0.2) is 0 Å². The van der Waals surface area contributed by atoms with E-state index in [9.17, 15) is 9.59 Å². The highest BCUT2D eigenvalue weighted by Crippen LogP contribution is 2.23. The molecule has 18 heavy (non-hydrogen) atoms. The van der Waals surface area contributed by atoms with Gasteiger partial charge in [0, 0.05) is 4.90 Å². The van der Waals surface area contributed by atoms with Gasteiger partial charge in [-0.15, -0.1) is 4.33 Å². The number of ether oxygens (including phenoxy) is 2. The third-order valence-electron chi connectivity index (χ3n) is 1.91. The lowest BCUT2D eigenvalue weighted by Gasteiger charge is -2.06. The highest BCUT2D eigenvalue weighted by Gasteiger charge is 2.14. The van der Waals surface area contributed by atoms with E-state index in [1.54, 1.807) is 0 Å². The summed E-state index contributed by atoms with van der Waals surface area (Å²) in [4.78, 5) is 23.1. The van der Waals surface area contributed by atoms with Crippen molar-refractivity contribution in [1.82, 2.24) is 0 Å². The van der Waals surface area contributed by atoms with E-state index in [2.05, 4.69) is 18.8 Å². The number of carbonyl (C=O) groups excluding carboxylic acids is 2. The summed E-state index contributed by atoms with van der Waals surface area (Å²) < 4.78 is 13.3. The third-order valence-corrected chi connectivity index (χ3v) is 2.47. The van der Waals surface area contributed by atoms with Crippen LogP contribution in [0.15, 0.2) is 23.1 Å². The second kappa shape index (κ2) is 6.97. The Hall–Kier alpha value is -1.61. The molecule has 98 valence electrons. The average Bonchev–Trinajstić information content (AvgIpc) is 2.42. The number of rotatable bonds is 5. The van der Waals surface area contributed by atoms with Gasteiger partial charge in [-0.05, 0) is 18.2 Å². The molecule has 0 radical (unpaired) electrons. The molecule has 0 atom stereocenters. The maximum Gasteiger partial charge on any atom is 0.337 e. The summed E-state index contributed by atoms with van der Waals surface area (Å²) >= 11 is 0.617. The summed E-state index contributed by atoms with van der Waals surface area (Å²) in [5.41, 5.74) is 0.286. The largest absolute Gasteiger partial charge is 0.465 e. The van der Waals surface area contributed by atoms with Crippen LogP contribution in [-0.2, 0) is 18.8 Å². The van der Waals surface area contributed by atoms with Crippen LogP contribution in [-0.4, -0.2) is 31.4 Å². The molecule has 0 bridgehead atoms. The monoisotopic (exact) mass is 274 g/mol. The van der Waals surface area contributed by atoms with E-state index in [4.69, 9.17) is 5.26 Å². The fourth-order valence-electron chi connectivity index (χ4n) is 1.17. The van der Waals surface area contributed by atoms with Gasteiger partial charge in [0.2, 0.25) is 0 Å². The molecule has 0 fully saturated rings. The Kier molecular flexibility index (Phi) is 5.59. The minimum absolute atomic E-state index is 0.143. The summed E-state index contributed by atoms with van der Waals surface area (Å²) in [6, 6.07) is 4.13. The zero-order valence-electron chi connectivity index (χ0n) is 9.54. The first-order valence-electron chi connectivity index (χ1n) is 4.59. The summed E-state index contributed by atoms with van der Waals surface area (Å²) in [6.45, 7) is 0. The van der Waals surface area contributed by atoms with Crippen LogP contribution in [0.2, 0.25) is 0 Å². The van der Waals surface area contributed by atoms with E-state index in [0.717, 1.165) is 0 Å². The van der Waals surface area contributed by atoms with Gasteiger partial charge in [-0.25, -0.2) is 14.8 Å². The van der Waals surface area contributed by atoms with Crippen molar-refractivity contribution in [3.8, 4) is 0 Å². The zero-order chi connectivity index (χ0) is 13.5. The van der Waals surface area contributed by atoms with E-state index in [1.165, 1.54) is 32.4 Å². The Balaban J connectivity index is 3.11. The number of hydrogen-bond donors (Lipinski definition) is 1. The van der Waals surface area contributed by atoms with E-state index in [1.807, 2.05) is 0 Å². The predicted molar refractivity (Wildman–Crippen MR) is 59.8 cm³/mol. The minimum Gasteiger partial charge on any atom is -0.465 e. The van der Waals surface area contributed by atoms with Crippen molar-refractivity contribution in [3.05, 3.63) is 29.3 Å². The van der Waals surface area contributed by atoms with E-state index in [-0.39, 0.29) is 11.1 Å². The Morgan fingerprint density at radius 3 is 1.94 bits per heavy atom. The first-order chi connectivity index (χ1) is 8.62.